The quantitative estimate of drug-likeness (QED) is 0.492. The molecule has 0 aromatic carbocycles. The molecule has 216 valence electrons. The minimum Gasteiger partial charge on any atom is -0.495 e. The topological polar surface area (TPSA) is 119 Å². The van der Waals surface area contributed by atoms with Gasteiger partial charge in [-0.3, -0.25) is 19.8 Å². The van der Waals surface area contributed by atoms with Crippen LogP contribution >= 0.6 is 11.3 Å². The highest BCUT2D eigenvalue weighted by Gasteiger charge is 2.49. The number of dihydropyridines is 1. The Morgan fingerprint density at radius 3 is 2.73 bits per heavy atom. The summed E-state index contributed by atoms with van der Waals surface area (Å²) in [5.41, 5.74) is 0.405. The highest BCUT2D eigenvalue weighted by atomic mass is 32.1. The first-order valence-corrected chi connectivity index (χ1v) is 14.2. The number of carbonyl (C=O) groups is 2. The van der Waals surface area contributed by atoms with Crippen LogP contribution in [0.5, 0.6) is 0 Å². The average molecular weight is 585 g/mol. The molecule has 3 aliphatic heterocycles. The predicted molar refractivity (Wildman–Crippen MR) is 149 cm³/mol. The molecule has 10 nitrogen and oxygen atoms in total. The first kappa shape index (κ1) is 28.6. The number of anilines is 2. The lowest BCUT2D eigenvalue weighted by Gasteiger charge is -2.36. The Balaban J connectivity index is 0.00000165. The van der Waals surface area contributed by atoms with Gasteiger partial charge in [-0.15, -0.1) is 10.2 Å². The number of halogens is 2. The Bertz CT molecular complexity index is 1450. The molecule has 0 radical (unpaired) electrons. The van der Waals surface area contributed by atoms with E-state index in [4.69, 9.17) is 9.47 Å². The molecule has 1 aliphatic carbocycles. The molecule has 1 unspecified atom stereocenters. The first-order chi connectivity index (χ1) is 19.8. The number of alkyl halides is 2. The lowest BCUT2D eigenvalue weighted by molar-refractivity contribution is -0.126. The second-order valence-electron chi connectivity index (χ2n) is 9.97. The molecule has 1 saturated carbocycles. The first-order valence-electron chi connectivity index (χ1n) is 13.4. The van der Waals surface area contributed by atoms with Crippen molar-refractivity contribution in [2.45, 2.75) is 45.6 Å². The third kappa shape index (κ3) is 6.08. The number of methoxy groups -OCH3 is 1. The van der Waals surface area contributed by atoms with Crippen LogP contribution in [0, 0.1) is 23.2 Å². The van der Waals surface area contributed by atoms with E-state index in [-0.39, 0.29) is 38.9 Å². The van der Waals surface area contributed by atoms with Crippen LogP contribution in [0.3, 0.4) is 0 Å². The highest BCUT2D eigenvalue weighted by molar-refractivity contribution is 7.15. The monoisotopic (exact) mass is 584 g/mol. The van der Waals surface area contributed by atoms with Gasteiger partial charge in [0.25, 0.3) is 12.3 Å². The number of hydrogen-bond acceptors (Lipinski definition) is 9. The van der Waals surface area contributed by atoms with Crippen LogP contribution in [-0.2, 0) is 14.3 Å². The molecular formula is C28H30F2N6O4S. The van der Waals surface area contributed by atoms with Gasteiger partial charge >= 0.3 is 0 Å². The zero-order valence-electron chi connectivity index (χ0n) is 22.9. The summed E-state index contributed by atoms with van der Waals surface area (Å²) in [5, 5.41) is 14.0. The molecule has 41 heavy (non-hydrogen) atoms. The maximum Gasteiger partial charge on any atom is 0.261 e. The minimum absolute atomic E-state index is 0.0945. The van der Waals surface area contributed by atoms with E-state index in [1.54, 1.807) is 11.0 Å². The zero-order valence-corrected chi connectivity index (χ0v) is 23.7. The van der Waals surface area contributed by atoms with E-state index in [0.717, 1.165) is 24.2 Å². The molecule has 3 fully saturated rings. The molecule has 0 bridgehead atoms. The van der Waals surface area contributed by atoms with E-state index < -0.39 is 18.4 Å². The van der Waals surface area contributed by atoms with E-state index in [9.17, 15) is 18.4 Å². The van der Waals surface area contributed by atoms with E-state index in [2.05, 4.69) is 37.7 Å². The lowest BCUT2D eigenvalue weighted by Crippen LogP contribution is -2.44. The Hall–Kier alpha value is -3.89. The van der Waals surface area contributed by atoms with Crippen molar-refractivity contribution in [3.63, 3.8) is 0 Å². The summed E-state index contributed by atoms with van der Waals surface area (Å²) < 4.78 is 38.1. The fourth-order valence-electron chi connectivity index (χ4n) is 4.66. The van der Waals surface area contributed by atoms with Gasteiger partial charge in [0.05, 0.1) is 25.9 Å². The lowest BCUT2D eigenvalue weighted by atomic mass is 9.85. The third-order valence-corrected chi connectivity index (χ3v) is 7.71. The average Bonchev–Trinajstić information content (AvgIpc) is 3.58. The van der Waals surface area contributed by atoms with Crippen molar-refractivity contribution in [3.05, 3.63) is 46.4 Å². The van der Waals surface area contributed by atoms with Gasteiger partial charge in [-0.1, -0.05) is 31.1 Å². The summed E-state index contributed by atoms with van der Waals surface area (Å²) in [6, 6.07) is 0.260. The number of hydrogen-bond donors (Lipinski definition) is 2. The summed E-state index contributed by atoms with van der Waals surface area (Å²) in [6.07, 6.45) is 3.76. The Labute approximate surface area is 240 Å². The number of carbonyl (C=O) groups excluding carboxylic acids is 2. The van der Waals surface area contributed by atoms with Crippen LogP contribution in [0.2, 0.25) is 0 Å². The molecule has 2 amide bonds. The molecule has 1 spiro atoms. The molecule has 2 saturated heterocycles. The van der Waals surface area contributed by atoms with Gasteiger partial charge in [0, 0.05) is 47.8 Å². The largest absolute Gasteiger partial charge is 0.495 e. The molecule has 6 rings (SSSR count). The number of rotatable bonds is 6. The van der Waals surface area contributed by atoms with Crippen molar-refractivity contribution in [1.82, 2.24) is 20.5 Å². The van der Waals surface area contributed by atoms with Crippen LogP contribution < -0.4 is 15.5 Å². The predicted octanol–water partition coefficient (Wildman–Crippen LogP) is 3.83. The SMILES string of the molecule is CC.COC1=CNC(C(F)F)C=C1c1cc(N2CC3(COC3)CC2=O)ncc1C(=O)Nc1nnc(C#CC2CC2)s1. The number of nitrogens with one attached hydrogen (secondary N) is 2. The second-order valence-corrected chi connectivity index (χ2v) is 10.9. The van der Waals surface area contributed by atoms with Crippen LogP contribution in [0.25, 0.3) is 5.57 Å². The smallest absolute Gasteiger partial charge is 0.261 e. The van der Waals surface area contributed by atoms with Crippen LogP contribution in [-0.4, -0.2) is 66.3 Å². The molecule has 2 aromatic heterocycles. The summed E-state index contributed by atoms with van der Waals surface area (Å²) in [7, 11) is 1.40. The van der Waals surface area contributed by atoms with Crippen LogP contribution in [0.4, 0.5) is 19.7 Å². The fraction of sp³-hybridized carbons (Fsp3) is 0.464. The molecular weight excluding hydrogens is 554 g/mol. The van der Waals surface area contributed by atoms with E-state index in [0.29, 0.717) is 42.9 Å². The van der Waals surface area contributed by atoms with Gasteiger partial charge < -0.3 is 14.8 Å². The molecule has 13 heteroatoms. The fourth-order valence-corrected chi connectivity index (χ4v) is 5.26. The van der Waals surface area contributed by atoms with Gasteiger partial charge in [-0.25, -0.2) is 13.8 Å². The molecule has 2 aromatic rings. The van der Waals surface area contributed by atoms with Crippen LogP contribution in [0.15, 0.2) is 30.3 Å². The van der Waals surface area contributed by atoms with Crippen molar-refractivity contribution >= 4 is 39.7 Å². The summed E-state index contributed by atoms with van der Waals surface area (Å²) >= 11 is 1.14. The molecule has 5 heterocycles. The number of aromatic nitrogens is 3. The molecule has 1 atom stereocenters. The van der Waals surface area contributed by atoms with E-state index in [1.807, 2.05) is 13.8 Å². The molecule has 4 aliphatic rings. The van der Waals surface area contributed by atoms with Gasteiger partial charge in [0.15, 0.2) is 5.01 Å². The number of amides is 2. The molecule has 2 N–H and O–H groups in total. The second kappa shape index (κ2) is 11.9. The van der Waals surface area contributed by atoms with Gasteiger partial charge in [-0.2, -0.15) is 0 Å². The number of allylic oxidation sites excluding steroid dienone is 1. The van der Waals surface area contributed by atoms with Gasteiger partial charge in [-0.05, 0) is 30.9 Å². The van der Waals surface area contributed by atoms with Gasteiger partial charge in [0.1, 0.15) is 17.6 Å². The van der Waals surface area contributed by atoms with E-state index >= 15 is 0 Å². The summed E-state index contributed by atoms with van der Waals surface area (Å²) in [6.45, 7) is 5.40. The van der Waals surface area contributed by atoms with Crippen LogP contribution in [0.1, 0.15) is 54.0 Å². The number of ether oxygens (including phenoxy) is 2. The number of nitrogens with zero attached hydrogens (tertiary/aromatic N) is 4. The van der Waals surface area contributed by atoms with Crippen molar-refractivity contribution < 1.29 is 27.8 Å². The minimum atomic E-state index is -2.71. The van der Waals surface area contributed by atoms with Crippen molar-refractivity contribution in [3.8, 4) is 11.8 Å². The van der Waals surface area contributed by atoms with Crippen molar-refractivity contribution in [1.29, 1.82) is 0 Å². The van der Waals surface area contributed by atoms with Crippen molar-refractivity contribution in [2.75, 3.05) is 37.1 Å². The maximum absolute atomic E-state index is 13.7. The zero-order chi connectivity index (χ0) is 29.1. The standard InChI is InChI=1S/C26H24F2N6O4S.C2H6/c1-37-19-10-29-18(23(27)28)6-16(19)15-7-20(34-11-26(8-22(34)35)12-38-13-26)30-9-17(15)24(36)31-25-33-32-21(39-25)5-4-14-2-3-14;1-2/h6-7,9-10,14,18,23,29H,2-3,8,11-13H2,1H3,(H,31,33,36);1-2H3. The van der Waals surface area contributed by atoms with Gasteiger partial charge in [0.2, 0.25) is 11.0 Å². The Morgan fingerprint density at radius 2 is 2.10 bits per heavy atom. The number of pyridine rings is 1. The normalized spacial score (nSPS) is 20.6. The summed E-state index contributed by atoms with van der Waals surface area (Å²) in [4.78, 5) is 32.3. The van der Waals surface area contributed by atoms with Crippen molar-refractivity contribution in [2.24, 2.45) is 11.3 Å². The Kier molecular flexibility index (Phi) is 8.32. The summed E-state index contributed by atoms with van der Waals surface area (Å²) in [5.74, 6) is 6.34. The third-order valence-electron chi connectivity index (χ3n) is 6.95. The highest BCUT2D eigenvalue weighted by Crippen LogP contribution is 2.41. The Morgan fingerprint density at radius 1 is 1.32 bits per heavy atom. The van der Waals surface area contributed by atoms with E-state index in [1.165, 1.54) is 25.6 Å². The maximum atomic E-state index is 13.7.